The van der Waals surface area contributed by atoms with Gasteiger partial charge in [0.1, 0.15) is 5.69 Å². The van der Waals surface area contributed by atoms with Crippen LogP contribution in [0.5, 0.6) is 0 Å². The fourth-order valence-electron chi connectivity index (χ4n) is 1.84. The Labute approximate surface area is 123 Å². The number of hydrogen-bond donors (Lipinski definition) is 1. The molecule has 8 heteroatoms. The summed E-state index contributed by atoms with van der Waals surface area (Å²) in [6.45, 7) is -0.888. The number of ether oxygens (including phenoxy) is 1. The average Bonchev–Trinajstić information content (AvgIpc) is 2.90. The van der Waals surface area contributed by atoms with Crippen molar-refractivity contribution in [2.45, 2.75) is 18.8 Å². The number of rotatable bonds is 4. The van der Waals surface area contributed by atoms with Crippen LogP contribution in [-0.2, 0) is 11.3 Å². The molecule has 0 radical (unpaired) electrons. The number of alkyl halides is 3. The predicted octanol–water partition coefficient (Wildman–Crippen LogP) is 2.26. The molecule has 1 heterocycles. The van der Waals surface area contributed by atoms with Crippen LogP contribution in [0.4, 0.5) is 13.2 Å². The molecule has 0 bridgehead atoms. The quantitative estimate of drug-likeness (QED) is 0.879. The van der Waals surface area contributed by atoms with Crippen molar-refractivity contribution in [1.82, 2.24) is 9.78 Å². The fourth-order valence-corrected chi connectivity index (χ4v) is 1.84. The van der Waals surface area contributed by atoms with Gasteiger partial charge in [0, 0.05) is 5.56 Å². The first-order valence-corrected chi connectivity index (χ1v) is 6.29. The highest BCUT2D eigenvalue weighted by molar-refractivity contribution is 5.89. The highest BCUT2D eigenvalue weighted by atomic mass is 19.4. The zero-order chi connectivity index (χ0) is 16.3. The van der Waals surface area contributed by atoms with Crippen LogP contribution in [-0.4, -0.2) is 40.2 Å². The van der Waals surface area contributed by atoms with Gasteiger partial charge >= 0.3 is 12.1 Å². The Bertz CT molecular complexity index is 653. The van der Waals surface area contributed by atoms with Crippen LogP contribution in [0.2, 0.25) is 0 Å². The lowest BCUT2D eigenvalue weighted by molar-refractivity contribution is -0.208. The molecule has 5 nitrogen and oxygen atoms in total. The molecule has 0 amide bonds. The van der Waals surface area contributed by atoms with E-state index in [1.54, 1.807) is 30.3 Å². The molecule has 118 valence electrons. The van der Waals surface area contributed by atoms with E-state index in [1.807, 2.05) is 0 Å². The van der Waals surface area contributed by atoms with Crippen molar-refractivity contribution in [2.75, 3.05) is 7.11 Å². The highest BCUT2D eigenvalue weighted by Gasteiger charge is 2.39. The van der Waals surface area contributed by atoms with Crippen molar-refractivity contribution in [2.24, 2.45) is 0 Å². The van der Waals surface area contributed by atoms with E-state index >= 15 is 0 Å². The van der Waals surface area contributed by atoms with E-state index in [9.17, 15) is 18.0 Å². The Balaban J connectivity index is 2.39. The third kappa shape index (κ3) is 3.45. The third-order valence-electron chi connectivity index (χ3n) is 2.97. The van der Waals surface area contributed by atoms with E-state index in [0.717, 1.165) is 11.8 Å². The smallest absolute Gasteiger partial charge is 0.416 e. The molecule has 0 saturated carbocycles. The minimum absolute atomic E-state index is 0.162. The van der Waals surface area contributed by atoms with E-state index in [1.165, 1.54) is 6.07 Å². The number of aliphatic hydroxyl groups excluding tert-OH is 1. The molecule has 22 heavy (non-hydrogen) atoms. The Kier molecular flexibility index (Phi) is 4.51. The van der Waals surface area contributed by atoms with Gasteiger partial charge in [-0.05, 0) is 6.07 Å². The van der Waals surface area contributed by atoms with Gasteiger partial charge in [0.2, 0.25) is 0 Å². The molecule has 1 aromatic carbocycles. The van der Waals surface area contributed by atoms with Crippen molar-refractivity contribution >= 4 is 5.97 Å². The number of methoxy groups -OCH3 is 1. The van der Waals surface area contributed by atoms with Crippen LogP contribution in [0, 0.1) is 0 Å². The van der Waals surface area contributed by atoms with Crippen LogP contribution >= 0.6 is 0 Å². The number of benzene rings is 1. The van der Waals surface area contributed by atoms with Crippen LogP contribution < -0.4 is 0 Å². The number of nitrogens with zero attached hydrogens (tertiary/aromatic N) is 2. The normalized spacial score (nSPS) is 13.0. The largest absolute Gasteiger partial charge is 0.464 e. The van der Waals surface area contributed by atoms with Gasteiger partial charge in [-0.15, -0.1) is 0 Å². The van der Waals surface area contributed by atoms with Gasteiger partial charge in [0.05, 0.1) is 19.3 Å². The van der Waals surface area contributed by atoms with Gasteiger partial charge in [-0.25, -0.2) is 4.79 Å². The number of aliphatic hydroxyl groups is 1. The molecule has 0 spiro atoms. The molecular formula is C14H13F3N2O3. The van der Waals surface area contributed by atoms with Crippen molar-refractivity contribution in [3.63, 3.8) is 0 Å². The molecule has 0 aliphatic rings. The first kappa shape index (κ1) is 16.0. The number of carbonyl (C=O) groups is 1. The molecule has 1 N–H and O–H groups in total. The van der Waals surface area contributed by atoms with E-state index < -0.39 is 24.8 Å². The Hall–Kier alpha value is -2.35. The summed E-state index contributed by atoms with van der Waals surface area (Å²) in [5.41, 5.74) is 0.785. The van der Waals surface area contributed by atoms with Gasteiger partial charge in [-0.3, -0.25) is 4.68 Å². The lowest BCUT2D eigenvalue weighted by Gasteiger charge is -2.15. The summed E-state index contributed by atoms with van der Waals surface area (Å²) in [6, 6.07) is 9.97. The molecule has 0 fully saturated rings. The Morgan fingerprint density at radius 3 is 2.55 bits per heavy atom. The summed E-state index contributed by atoms with van der Waals surface area (Å²) >= 11 is 0. The molecule has 1 atom stereocenters. The van der Waals surface area contributed by atoms with Gasteiger partial charge in [-0.1, -0.05) is 30.3 Å². The third-order valence-corrected chi connectivity index (χ3v) is 2.97. The van der Waals surface area contributed by atoms with E-state index in [0.29, 0.717) is 11.3 Å². The second-order valence-corrected chi connectivity index (χ2v) is 4.51. The van der Waals surface area contributed by atoms with Gasteiger partial charge < -0.3 is 9.84 Å². The topological polar surface area (TPSA) is 64.3 Å². The number of hydrogen-bond acceptors (Lipinski definition) is 4. The van der Waals surface area contributed by atoms with Crippen LogP contribution in [0.15, 0.2) is 36.4 Å². The maximum Gasteiger partial charge on any atom is 0.416 e. The van der Waals surface area contributed by atoms with Gasteiger partial charge in [0.25, 0.3) is 0 Å². The predicted molar refractivity (Wildman–Crippen MR) is 71.1 cm³/mol. The summed E-state index contributed by atoms with van der Waals surface area (Å²) < 4.78 is 42.7. The standard InChI is InChI=1S/C14H13F3N2O3/c1-22-13(21)11-7-10(9-5-3-2-4-6-9)18-19(11)8-12(20)14(15,16)17/h2-7,12,20H,8H2,1H3. The summed E-state index contributed by atoms with van der Waals surface area (Å²) in [5, 5.41) is 13.1. The van der Waals surface area contributed by atoms with E-state index in [-0.39, 0.29) is 5.69 Å². The minimum atomic E-state index is -4.80. The Morgan fingerprint density at radius 2 is 2.00 bits per heavy atom. The zero-order valence-electron chi connectivity index (χ0n) is 11.5. The van der Waals surface area contributed by atoms with Crippen LogP contribution in [0.1, 0.15) is 10.5 Å². The monoisotopic (exact) mass is 314 g/mol. The summed E-state index contributed by atoms with van der Waals surface area (Å²) in [4.78, 5) is 11.7. The molecule has 0 aliphatic heterocycles. The van der Waals surface area contributed by atoms with Crippen LogP contribution in [0.3, 0.4) is 0 Å². The molecule has 1 unspecified atom stereocenters. The van der Waals surface area contributed by atoms with Crippen molar-refractivity contribution < 1.29 is 27.8 Å². The molecule has 0 saturated heterocycles. The lowest BCUT2D eigenvalue weighted by atomic mass is 10.1. The van der Waals surface area contributed by atoms with Crippen molar-refractivity contribution in [1.29, 1.82) is 0 Å². The van der Waals surface area contributed by atoms with Crippen molar-refractivity contribution in [3.8, 4) is 11.3 Å². The summed E-state index contributed by atoms with van der Waals surface area (Å²) in [6.07, 6.45) is -7.42. The number of carbonyl (C=O) groups excluding carboxylic acids is 1. The summed E-state index contributed by atoms with van der Waals surface area (Å²) in [7, 11) is 1.11. The van der Waals surface area contributed by atoms with Crippen LogP contribution in [0.25, 0.3) is 11.3 Å². The molecule has 0 aliphatic carbocycles. The van der Waals surface area contributed by atoms with Gasteiger partial charge in [0.15, 0.2) is 6.10 Å². The SMILES string of the molecule is COC(=O)c1cc(-c2ccccc2)nn1CC(O)C(F)(F)F. The second-order valence-electron chi connectivity index (χ2n) is 4.51. The number of esters is 1. The average molecular weight is 314 g/mol. The zero-order valence-corrected chi connectivity index (χ0v) is 11.5. The minimum Gasteiger partial charge on any atom is -0.464 e. The molecule has 2 rings (SSSR count). The highest BCUT2D eigenvalue weighted by Crippen LogP contribution is 2.24. The number of aromatic nitrogens is 2. The van der Waals surface area contributed by atoms with E-state index in [4.69, 9.17) is 5.11 Å². The van der Waals surface area contributed by atoms with E-state index in [2.05, 4.69) is 9.84 Å². The first-order valence-electron chi connectivity index (χ1n) is 6.29. The molecular weight excluding hydrogens is 301 g/mol. The maximum absolute atomic E-state index is 12.5. The summed E-state index contributed by atoms with van der Waals surface area (Å²) in [5.74, 6) is -0.830. The lowest BCUT2D eigenvalue weighted by Crippen LogP contribution is -2.34. The van der Waals surface area contributed by atoms with Gasteiger partial charge in [-0.2, -0.15) is 18.3 Å². The molecule has 1 aromatic heterocycles. The fraction of sp³-hybridized carbons (Fsp3) is 0.286. The second kappa shape index (κ2) is 6.18. The first-order chi connectivity index (χ1) is 10.3. The Morgan fingerprint density at radius 1 is 1.36 bits per heavy atom. The maximum atomic E-state index is 12.5. The van der Waals surface area contributed by atoms with Crippen molar-refractivity contribution in [3.05, 3.63) is 42.1 Å². The number of halogens is 3. The molecule has 2 aromatic rings.